The predicted octanol–water partition coefficient (Wildman–Crippen LogP) is 5.48. The molecule has 0 aromatic heterocycles. The van der Waals surface area contributed by atoms with Crippen LogP contribution in [0.25, 0.3) is 10.8 Å². The Morgan fingerprint density at radius 1 is 0.839 bits per heavy atom. The first-order valence-electron chi connectivity index (χ1n) is 9.50. The molecule has 4 aromatic carbocycles. The maximum absolute atomic E-state index is 12.6. The lowest BCUT2D eigenvalue weighted by atomic mass is 10.0. The van der Waals surface area contributed by atoms with Gasteiger partial charge in [-0.2, -0.15) is 5.10 Å². The number of rotatable bonds is 5. The van der Waals surface area contributed by atoms with Crippen LogP contribution >= 0.6 is 11.6 Å². The van der Waals surface area contributed by atoms with Gasteiger partial charge in [0.15, 0.2) is 0 Å². The molecule has 152 valence electrons. The number of para-hydroxylation sites is 1. The monoisotopic (exact) mass is 428 g/mol. The molecule has 0 radical (unpaired) electrons. The van der Waals surface area contributed by atoms with Gasteiger partial charge < -0.3 is 4.74 Å². The van der Waals surface area contributed by atoms with E-state index in [-0.39, 0.29) is 5.91 Å². The third kappa shape index (κ3) is 4.79. The number of ether oxygens (including phenoxy) is 1. The minimum Gasteiger partial charge on any atom is -0.422 e. The topological polar surface area (TPSA) is 67.8 Å². The Balaban J connectivity index is 1.49. The Bertz CT molecular complexity index is 1280. The van der Waals surface area contributed by atoms with E-state index in [0.717, 1.165) is 10.8 Å². The van der Waals surface area contributed by atoms with Gasteiger partial charge in [0.25, 0.3) is 5.91 Å². The summed E-state index contributed by atoms with van der Waals surface area (Å²) in [7, 11) is 0. The molecule has 31 heavy (non-hydrogen) atoms. The number of nitrogens with one attached hydrogen (secondary N) is 1. The van der Waals surface area contributed by atoms with E-state index in [1.54, 1.807) is 54.6 Å². The van der Waals surface area contributed by atoms with Gasteiger partial charge in [0, 0.05) is 16.1 Å². The second-order valence-corrected chi connectivity index (χ2v) is 7.10. The Morgan fingerprint density at radius 2 is 1.55 bits per heavy atom. The molecule has 5 nitrogen and oxygen atoms in total. The molecule has 0 fully saturated rings. The van der Waals surface area contributed by atoms with Crippen LogP contribution in [0.2, 0.25) is 5.02 Å². The van der Waals surface area contributed by atoms with Gasteiger partial charge in [0.1, 0.15) is 5.75 Å². The number of nitrogens with zero attached hydrogens (tertiary/aromatic N) is 1. The van der Waals surface area contributed by atoms with Crippen molar-refractivity contribution in [2.75, 3.05) is 0 Å². The van der Waals surface area contributed by atoms with E-state index in [2.05, 4.69) is 10.5 Å². The number of hydrogen-bond acceptors (Lipinski definition) is 4. The van der Waals surface area contributed by atoms with Crippen molar-refractivity contribution in [3.05, 3.63) is 113 Å². The molecular formula is C25H17ClN2O3. The third-order valence-corrected chi connectivity index (χ3v) is 4.86. The molecule has 0 saturated heterocycles. The molecule has 0 heterocycles. The van der Waals surface area contributed by atoms with Crippen LogP contribution in [0.4, 0.5) is 0 Å². The maximum atomic E-state index is 12.6. The van der Waals surface area contributed by atoms with E-state index in [4.69, 9.17) is 16.3 Å². The van der Waals surface area contributed by atoms with Crippen LogP contribution in [0, 0.1) is 0 Å². The van der Waals surface area contributed by atoms with Gasteiger partial charge in [-0.05, 0) is 53.2 Å². The Morgan fingerprint density at radius 3 is 2.39 bits per heavy atom. The summed E-state index contributed by atoms with van der Waals surface area (Å²) in [4.78, 5) is 25.0. The fourth-order valence-electron chi connectivity index (χ4n) is 3.07. The maximum Gasteiger partial charge on any atom is 0.343 e. The summed E-state index contributed by atoms with van der Waals surface area (Å²) in [5, 5.41) is 6.39. The predicted molar refractivity (Wildman–Crippen MR) is 122 cm³/mol. The van der Waals surface area contributed by atoms with E-state index in [0.29, 0.717) is 27.5 Å². The molecule has 0 aliphatic heterocycles. The number of carbonyl (C=O) groups excluding carboxylic acids is 2. The number of hydrazone groups is 1. The fourth-order valence-corrected chi connectivity index (χ4v) is 3.19. The van der Waals surface area contributed by atoms with Gasteiger partial charge in [0.2, 0.25) is 0 Å². The summed E-state index contributed by atoms with van der Waals surface area (Å²) in [6.07, 6.45) is 1.44. The zero-order chi connectivity index (χ0) is 21.6. The van der Waals surface area contributed by atoms with Crippen molar-refractivity contribution in [1.82, 2.24) is 5.43 Å². The normalized spacial score (nSPS) is 10.9. The summed E-state index contributed by atoms with van der Waals surface area (Å²) >= 11 is 5.86. The molecule has 0 unspecified atom stereocenters. The Kier molecular flexibility index (Phi) is 6.05. The largest absolute Gasteiger partial charge is 0.422 e. The number of benzene rings is 4. The lowest BCUT2D eigenvalue weighted by Crippen LogP contribution is -2.18. The van der Waals surface area contributed by atoms with Crippen molar-refractivity contribution in [3.8, 4) is 5.75 Å². The smallest absolute Gasteiger partial charge is 0.343 e. The van der Waals surface area contributed by atoms with Crippen LogP contribution in [0.3, 0.4) is 0 Å². The number of amides is 1. The minimum atomic E-state index is -0.516. The van der Waals surface area contributed by atoms with Gasteiger partial charge in [-0.1, -0.05) is 60.1 Å². The first-order chi connectivity index (χ1) is 15.1. The van der Waals surface area contributed by atoms with Crippen molar-refractivity contribution >= 4 is 40.5 Å². The second kappa shape index (κ2) is 9.24. The number of hydrogen-bond donors (Lipinski definition) is 1. The average Bonchev–Trinajstić information content (AvgIpc) is 2.80. The van der Waals surface area contributed by atoms with Crippen LogP contribution in [-0.2, 0) is 0 Å². The Labute approximate surface area is 183 Å². The van der Waals surface area contributed by atoms with Crippen LogP contribution < -0.4 is 10.2 Å². The molecule has 4 aromatic rings. The zero-order valence-electron chi connectivity index (χ0n) is 16.3. The van der Waals surface area contributed by atoms with Crippen molar-refractivity contribution in [2.24, 2.45) is 5.10 Å². The standard InChI is InChI=1S/C25H17ClN2O3/c26-20-14-12-18(13-15-20)25(30)31-23-11-4-2-7-19(23)16-27-28-24(29)22-10-5-8-17-6-1-3-9-21(17)22/h1-16H,(H,28,29)/b27-16+. The van der Waals surface area contributed by atoms with E-state index in [9.17, 15) is 9.59 Å². The molecule has 0 spiro atoms. The Hall–Kier alpha value is -3.96. The molecule has 0 aliphatic rings. The second-order valence-electron chi connectivity index (χ2n) is 6.66. The van der Waals surface area contributed by atoms with Gasteiger partial charge in [-0.3, -0.25) is 4.79 Å². The van der Waals surface area contributed by atoms with E-state index in [1.807, 2.05) is 36.4 Å². The van der Waals surface area contributed by atoms with Gasteiger partial charge in [-0.25, -0.2) is 10.2 Å². The molecule has 0 bridgehead atoms. The van der Waals surface area contributed by atoms with Crippen molar-refractivity contribution in [2.45, 2.75) is 0 Å². The molecule has 0 aliphatic carbocycles. The van der Waals surface area contributed by atoms with E-state index < -0.39 is 5.97 Å². The highest BCUT2D eigenvalue weighted by Gasteiger charge is 2.11. The number of esters is 1. The molecule has 1 amide bonds. The highest BCUT2D eigenvalue weighted by molar-refractivity contribution is 6.30. The summed E-state index contributed by atoms with van der Waals surface area (Å²) < 4.78 is 5.49. The van der Waals surface area contributed by atoms with E-state index >= 15 is 0 Å². The highest BCUT2D eigenvalue weighted by atomic mass is 35.5. The van der Waals surface area contributed by atoms with Crippen LogP contribution in [0.1, 0.15) is 26.3 Å². The van der Waals surface area contributed by atoms with Crippen molar-refractivity contribution < 1.29 is 14.3 Å². The first-order valence-corrected chi connectivity index (χ1v) is 9.87. The summed E-state index contributed by atoms with van der Waals surface area (Å²) in [5.41, 5.74) is 3.98. The average molecular weight is 429 g/mol. The first kappa shape index (κ1) is 20.3. The van der Waals surface area contributed by atoms with Crippen molar-refractivity contribution in [1.29, 1.82) is 0 Å². The van der Waals surface area contributed by atoms with Crippen molar-refractivity contribution in [3.63, 3.8) is 0 Å². The molecular weight excluding hydrogens is 412 g/mol. The fraction of sp³-hybridized carbons (Fsp3) is 0. The molecule has 0 atom stereocenters. The molecule has 0 saturated carbocycles. The summed E-state index contributed by atoms with van der Waals surface area (Å²) in [6.45, 7) is 0. The zero-order valence-corrected chi connectivity index (χ0v) is 17.0. The minimum absolute atomic E-state index is 0.325. The molecule has 1 N–H and O–H groups in total. The third-order valence-electron chi connectivity index (χ3n) is 4.61. The van der Waals surface area contributed by atoms with Gasteiger partial charge in [0.05, 0.1) is 11.8 Å². The highest BCUT2D eigenvalue weighted by Crippen LogP contribution is 2.20. The molecule has 4 rings (SSSR count). The van der Waals surface area contributed by atoms with Crippen LogP contribution in [0.5, 0.6) is 5.75 Å². The number of fused-ring (bicyclic) bond motifs is 1. The number of halogens is 1. The van der Waals surface area contributed by atoms with E-state index in [1.165, 1.54) is 6.21 Å². The van der Waals surface area contributed by atoms with Crippen LogP contribution in [-0.4, -0.2) is 18.1 Å². The van der Waals surface area contributed by atoms with Gasteiger partial charge >= 0.3 is 5.97 Å². The summed E-state index contributed by atoms with van der Waals surface area (Å²) in [5.74, 6) is -0.522. The summed E-state index contributed by atoms with van der Waals surface area (Å²) in [6, 6.07) is 26.5. The van der Waals surface area contributed by atoms with Gasteiger partial charge in [-0.15, -0.1) is 0 Å². The quantitative estimate of drug-likeness (QED) is 0.198. The van der Waals surface area contributed by atoms with Crippen LogP contribution in [0.15, 0.2) is 96.1 Å². The molecule has 6 heteroatoms. The lowest BCUT2D eigenvalue weighted by Gasteiger charge is -2.08. The number of carbonyl (C=O) groups is 2. The SMILES string of the molecule is O=C(Oc1ccccc1/C=N/NC(=O)c1cccc2ccccc12)c1ccc(Cl)cc1. The lowest BCUT2D eigenvalue weighted by molar-refractivity contribution is 0.0734.